The average molecular weight is 323 g/mol. The molecule has 0 saturated heterocycles. The van der Waals surface area contributed by atoms with Crippen molar-refractivity contribution in [3.05, 3.63) is 41.5 Å². The number of anilines is 1. The highest BCUT2D eigenvalue weighted by atomic mass is 35.5. The van der Waals surface area contributed by atoms with E-state index < -0.39 is 0 Å². The number of rotatable bonds is 4. The fraction of sp³-hybridized carbons (Fsp3) is 0.500. The van der Waals surface area contributed by atoms with Gasteiger partial charge >= 0.3 is 0 Å². The van der Waals surface area contributed by atoms with Crippen LogP contribution in [0.1, 0.15) is 31.1 Å². The van der Waals surface area contributed by atoms with E-state index in [0.29, 0.717) is 18.4 Å². The van der Waals surface area contributed by atoms with Crippen molar-refractivity contribution in [3.63, 3.8) is 0 Å². The molecule has 0 bridgehead atoms. The van der Waals surface area contributed by atoms with Crippen LogP contribution in [0.5, 0.6) is 0 Å². The molecule has 2 heterocycles. The summed E-state index contributed by atoms with van der Waals surface area (Å²) in [6, 6.07) is 8.49. The zero-order chi connectivity index (χ0) is 14.7. The summed E-state index contributed by atoms with van der Waals surface area (Å²) in [5, 5.41) is 7.52. The van der Waals surface area contributed by atoms with E-state index >= 15 is 0 Å². The molecule has 0 aliphatic carbocycles. The minimum Gasteiger partial charge on any atom is -0.361 e. The van der Waals surface area contributed by atoms with Crippen LogP contribution in [-0.4, -0.2) is 23.2 Å². The van der Waals surface area contributed by atoms with Crippen molar-refractivity contribution in [2.75, 3.05) is 18.0 Å². The molecule has 0 saturated carbocycles. The zero-order valence-corrected chi connectivity index (χ0v) is 13.9. The number of hydrogen-bond donors (Lipinski definition) is 1. The van der Waals surface area contributed by atoms with Gasteiger partial charge in [0.25, 0.3) is 0 Å². The minimum absolute atomic E-state index is 0. The highest BCUT2D eigenvalue weighted by Gasteiger charge is 2.17. The van der Waals surface area contributed by atoms with Gasteiger partial charge in [0.05, 0.1) is 6.54 Å². The Labute approximate surface area is 137 Å². The fourth-order valence-electron chi connectivity index (χ4n) is 2.66. The second kappa shape index (κ2) is 7.61. The van der Waals surface area contributed by atoms with Crippen LogP contribution in [0.4, 0.5) is 5.69 Å². The molecule has 0 atom stereocenters. The Bertz CT molecular complexity index is 599. The van der Waals surface area contributed by atoms with Gasteiger partial charge in [-0.3, -0.25) is 0 Å². The third-order valence-corrected chi connectivity index (χ3v) is 3.63. The lowest BCUT2D eigenvalue weighted by Gasteiger charge is -2.22. The highest BCUT2D eigenvalue weighted by molar-refractivity contribution is 5.85. The summed E-state index contributed by atoms with van der Waals surface area (Å²) in [4.78, 5) is 6.82. The molecular weight excluding hydrogens is 300 g/mol. The molecule has 1 aromatic carbocycles. The molecule has 1 aliphatic rings. The number of hydrogen-bond acceptors (Lipinski definition) is 5. The molecule has 0 amide bonds. The summed E-state index contributed by atoms with van der Waals surface area (Å²) in [7, 11) is 0. The van der Waals surface area contributed by atoms with Crippen LogP contribution >= 0.6 is 12.4 Å². The summed E-state index contributed by atoms with van der Waals surface area (Å²) in [5.74, 6) is 2.04. The van der Waals surface area contributed by atoms with Gasteiger partial charge < -0.3 is 14.7 Å². The van der Waals surface area contributed by atoms with Gasteiger partial charge in [0, 0.05) is 31.7 Å². The van der Waals surface area contributed by atoms with E-state index in [9.17, 15) is 0 Å². The molecule has 5 nitrogen and oxygen atoms in total. The Hall–Kier alpha value is -1.59. The SMILES string of the molecule is CC(C)Cc1noc(CN2CCNCc3ccccc32)n1.Cl. The van der Waals surface area contributed by atoms with E-state index in [1.807, 2.05) is 0 Å². The quantitative estimate of drug-likeness (QED) is 0.938. The monoisotopic (exact) mass is 322 g/mol. The largest absolute Gasteiger partial charge is 0.361 e. The molecule has 1 aromatic heterocycles. The Kier molecular flexibility index (Phi) is 5.80. The standard InChI is InChI=1S/C16H22N4O.ClH/c1-12(2)9-15-18-16(21-19-15)11-20-8-7-17-10-13-5-3-4-6-14(13)20;/h3-6,12,17H,7-11H2,1-2H3;1H. The summed E-state index contributed by atoms with van der Waals surface area (Å²) < 4.78 is 5.40. The van der Waals surface area contributed by atoms with Crippen molar-refractivity contribution in [2.45, 2.75) is 33.4 Å². The smallest absolute Gasteiger partial charge is 0.246 e. The number of benzene rings is 1. The Morgan fingerprint density at radius 3 is 2.95 bits per heavy atom. The normalized spacial score (nSPS) is 14.4. The number of para-hydroxylation sites is 1. The topological polar surface area (TPSA) is 54.2 Å². The number of fused-ring (bicyclic) bond motifs is 1. The first-order chi connectivity index (χ1) is 10.2. The number of halogens is 1. The molecule has 0 spiro atoms. The Balaban J connectivity index is 0.00000176. The second-order valence-electron chi connectivity index (χ2n) is 5.93. The van der Waals surface area contributed by atoms with Crippen molar-refractivity contribution in [1.82, 2.24) is 15.5 Å². The van der Waals surface area contributed by atoms with Crippen LogP contribution in [0.25, 0.3) is 0 Å². The maximum Gasteiger partial charge on any atom is 0.246 e. The van der Waals surface area contributed by atoms with Gasteiger partial charge in [-0.05, 0) is 17.5 Å². The van der Waals surface area contributed by atoms with E-state index in [-0.39, 0.29) is 12.4 Å². The zero-order valence-electron chi connectivity index (χ0n) is 13.1. The summed E-state index contributed by atoms with van der Waals surface area (Å²) in [6.45, 7) is 7.80. The molecule has 6 heteroatoms. The number of nitrogens with one attached hydrogen (secondary N) is 1. The van der Waals surface area contributed by atoms with Gasteiger partial charge in [0.15, 0.2) is 5.82 Å². The first-order valence-electron chi connectivity index (χ1n) is 7.57. The average Bonchev–Trinajstić information content (AvgIpc) is 2.78. The van der Waals surface area contributed by atoms with E-state index in [1.54, 1.807) is 0 Å². The highest BCUT2D eigenvalue weighted by Crippen LogP contribution is 2.23. The predicted molar refractivity (Wildman–Crippen MR) is 89.3 cm³/mol. The first kappa shape index (κ1) is 16.8. The van der Waals surface area contributed by atoms with Crippen LogP contribution in [-0.2, 0) is 19.5 Å². The molecule has 2 aromatic rings. The van der Waals surface area contributed by atoms with Crippen molar-refractivity contribution in [3.8, 4) is 0 Å². The van der Waals surface area contributed by atoms with E-state index in [4.69, 9.17) is 4.52 Å². The van der Waals surface area contributed by atoms with Crippen LogP contribution in [0.15, 0.2) is 28.8 Å². The van der Waals surface area contributed by atoms with Crippen LogP contribution in [0.2, 0.25) is 0 Å². The van der Waals surface area contributed by atoms with E-state index in [1.165, 1.54) is 11.3 Å². The lowest BCUT2D eigenvalue weighted by molar-refractivity contribution is 0.369. The first-order valence-corrected chi connectivity index (χ1v) is 7.57. The lowest BCUT2D eigenvalue weighted by Crippen LogP contribution is -2.28. The Morgan fingerprint density at radius 2 is 2.14 bits per heavy atom. The van der Waals surface area contributed by atoms with Crippen molar-refractivity contribution in [1.29, 1.82) is 0 Å². The molecule has 3 rings (SSSR count). The molecule has 0 unspecified atom stereocenters. The van der Waals surface area contributed by atoms with Crippen molar-refractivity contribution >= 4 is 18.1 Å². The molecule has 22 heavy (non-hydrogen) atoms. The molecule has 1 N–H and O–H groups in total. The van der Waals surface area contributed by atoms with Gasteiger partial charge in [-0.15, -0.1) is 12.4 Å². The summed E-state index contributed by atoms with van der Waals surface area (Å²) >= 11 is 0. The van der Waals surface area contributed by atoms with Crippen LogP contribution in [0, 0.1) is 5.92 Å². The molecule has 0 radical (unpaired) electrons. The Morgan fingerprint density at radius 1 is 1.32 bits per heavy atom. The third-order valence-electron chi connectivity index (χ3n) is 3.63. The maximum atomic E-state index is 5.40. The fourth-order valence-corrected chi connectivity index (χ4v) is 2.66. The molecule has 1 aliphatic heterocycles. The van der Waals surface area contributed by atoms with Gasteiger partial charge in [0.1, 0.15) is 0 Å². The second-order valence-corrected chi connectivity index (χ2v) is 5.93. The van der Waals surface area contributed by atoms with Crippen LogP contribution in [0.3, 0.4) is 0 Å². The number of aromatic nitrogens is 2. The van der Waals surface area contributed by atoms with Crippen molar-refractivity contribution in [2.24, 2.45) is 5.92 Å². The third kappa shape index (κ3) is 3.99. The summed E-state index contributed by atoms with van der Waals surface area (Å²) in [5.41, 5.74) is 2.57. The molecule has 0 fully saturated rings. The maximum absolute atomic E-state index is 5.40. The van der Waals surface area contributed by atoms with E-state index in [0.717, 1.165) is 31.9 Å². The van der Waals surface area contributed by atoms with Gasteiger partial charge in [-0.2, -0.15) is 4.98 Å². The predicted octanol–water partition coefficient (Wildman–Crippen LogP) is 2.80. The van der Waals surface area contributed by atoms with Crippen LogP contribution < -0.4 is 10.2 Å². The molecule has 120 valence electrons. The van der Waals surface area contributed by atoms with Gasteiger partial charge in [-0.1, -0.05) is 37.2 Å². The van der Waals surface area contributed by atoms with E-state index in [2.05, 4.69) is 58.5 Å². The van der Waals surface area contributed by atoms with Gasteiger partial charge in [-0.25, -0.2) is 0 Å². The lowest BCUT2D eigenvalue weighted by atomic mass is 10.1. The number of nitrogens with zero attached hydrogens (tertiary/aromatic N) is 3. The molecular formula is C16H23ClN4O. The summed E-state index contributed by atoms with van der Waals surface area (Å²) in [6.07, 6.45) is 0.863. The van der Waals surface area contributed by atoms with Crippen molar-refractivity contribution < 1.29 is 4.52 Å². The minimum atomic E-state index is 0. The van der Waals surface area contributed by atoms with Gasteiger partial charge in [0.2, 0.25) is 5.89 Å².